The first-order valence-corrected chi connectivity index (χ1v) is 9.01. The molecule has 2 saturated heterocycles. The summed E-state index contributed by atoms with van der Waals surface area (Å²) < 4.78 is 48.4. The second-order valence-electron chi connectivity index (χ2n) is 4.66. The monoisotopic (exact) mass is 283 g/mol. The van der Waals surface area contributed by atoms with Gasteiger partial charge in [0.1, 0.15) is 0 Å². The van der Waals surface area contributed by atoms with Crippen LogP contribution in [-0.2, 0) is 19.9 Å². The maximum Gasteiger partial charge on any atom is 0.218 e. The van der Waals surface area contributed by atoms with E-state index in [0.717, 1.165) is 6.42 Å². The summed E-state index contributed by atoms with van der Waals surface area (Å²) in [5.41, 5.74) is 0. The highest BCUT2D eigenvalue weighted by molar-refractivity contribution is 7.95. The van der Waals surface area contributed by atoms with Crippen molar-refractivity contribution in [1.29, 1.82) is 0 Å². The Morgan fingerprint density at radius 2 is 2.00 bits per heavy atom. The van der Waals surface area contributed by atoms with E-state index in [-0.39, 0.29) is 30.6 Å². The SMILES string of the molecule is O=S1(=O)CCC(S(=O)(=O)N2CCC[C@H]2CO)C1. The largest absolute Gasteiger partial charge is 0.395 e. The van der Waals surface area contributed by atoms with E-state index in [9.17, 15) is 16.8 Å². The second-order valence-corrected chi connectivity index (χ2v) is 9.05. The molecule has 0 saturated carbocycles. The number of aliphatic hydroxyl groups excluding tert-OH is 1. The standard InChI is InChI=1S/C9H17NO5S2/c11-6-8-2-1-4-10(8)17(14,15)9-3-5-16(12,13)7-9/h8-9,11H,1-7H2/t8-,9?/m0/s1. The van der Waals surface area contributed by atoms with Gasteiger partial charge in [-0.25, -0.2) is 16.8 Å². The van der Waals surface area contributed by atoms with Crippen LogP contribution >= 0.6 is 0 Å². The molecule has 17 heavy (non-hydrogen) atoms. The van der Waals surface area contributed by atoms with Crippen LogP contribution in [0.2, 0.25) is 0 Å². The molecule has 0 radical (unpaired) electrons. The Bertz CT molecular complexity index is 484. The molecule has 100 valence electrons. The molecule has 8 heteroatoms. The summed E-state index contributed by atoms with van der Waals surface area (Å²) in [5, 5.41) is 8.30. The predicted octanol–water partition coefficient (Wildman–Crippen LogP) is -1.04. The third kappa shape index (κ3) is 2.49. The molecule has 2 aliphatic rings. The molecule has 1 unspecified atom stereocenters. The number of sulfone groups is 1. The summed E-state index contributed by atoms with van der Waals surface area (Å²) in [4.78, 5) is 0. The van der Waals surface area contributed by atoms with E-state index in [0.29, 0.717) is 13.0 Å². The zero-order valence-corrected chi connectivity index (χ0v) is 11.1. The van der Waals surface area contributed by atoms with Gasteiger partial charge in [0, 0.05) is 12.6 Å². The van der Waals surface area contributed by atoms with Crippen LogP contribution in [0.5, 0.6) is 0 Å². The Kier molecular flexibility index (Phi) is 3.50. The first-order chi connectivity index (χ1) is 7.87. The molecule has 2 atom stereocenters. The van der Waals surface area contributed by atoms with Crippen molar-refractivity contribution in [2.45, 2.75) is 30.6 Å². The van der Waals surface area contributed by atoms with Crippen molar-refractivity contribution >= 4 is 19.9 Å². The summed E-state index contributed by atoms with van der Waals surface area (Å²) in [5.74, 6) is -0.321. The molecule has 2 fully saturated rings. The van der Waals surface area contributed by atoms with Gasteiger partial charge in [-0.2, -0.15) is 4.31 Å². The first kappa shape index (κ1) is 13.3. The van der Waals surface area contributed by atoms with Crippen molar-refractivity contribution in [2.24, 2.45) is 0 Å². The fourth-order valence-electron chi connectivity index (χ4n) is 2.51. The predicted molar refractivity (Wildman–Crippen MR) is 62.8 cm³/mol. The fourth-order valence-corrected chi connectivity index (χ4v) is 7.29. The van der Waals surface area contributed by atoms with Crippen LogP contribution in [0, 0.1) is 0 Å². The molecule has 2 heterocycles. The van der Waals surface area contributed by atoms with Gasteiger partial charge in [0.2, 0.25) is 10.0 Å². The van der Waals surface area contributed by atoms with Crippen molar-refractivity contribution in [1.82, 2.24) is 4.31 Å². The lowest BCUT2D eigenvalue weighted by Gasteiger charge is -2.25. The number of hydrogen-bond acceptors (Lipinski definition) is 5. The van der Waals surface area contributed by atoms with Gasteiger partial charge < -0.3 is 5.11 Å². The van der Waals surface area contributed by atoms with Crippen molar-refractivity contribution in [3.63, 3.8) is 0 Å². The molecule has 0 aliphatic carbocycles. The molecule has 0 aromatic heterocycles. The Balaban J connectivity index is 2.20. The van der Waals surface area contributed by atoms with Gasteiger partial charge in [0.25, 0.3) is 0 Å². The number of nitrogens with zero attached hydrogens (tertiary/aromatic N) is 1. The summed E-state index contributed by atoms with van der Waals surface area (Å²) >= 11 is 0. The average Bonchev–Trinajstić information content (AvgIpc) is 2.83. The van der Waals surface area contributed by atoms with E-state index in [1.54, 1.807) is 0 Å². The zero-order chi connectivity index (χ0) is 12.7. The minimum atomic E-state index is -3.58. The molecular formula is C9H17NO5S2. The lowest BCUT2D eigenvalue weighted by Crippen LogP contribution is -2.43. The first-order valence-electron chi connectivity index (χ1n) is 5.69. The maximum absolute atomic E-state index is 12.2. The zero-order valence-electron chi connectivity index (χ0n) is 9.45. The Morgan fingerprint density at radius 1 is 1.29 bits per heavy atom. The summed E-state index contributed by atoms with van der Waals surface area (Å²) in [7, 11) is -6.78. The van der Waals surface area contributed by atoms with E-state index in [2.05, 4.69) is 0 Å². The lowest BCUT2D eigenvalue weighted by atomic mass is 10.2. The topological polar surface area (TPSA) is 91.8 Å². The van der Waals surface area contributed by atoms with Gasteiger partial charge in [-0.3, -0.25) is 0 Å². The van der Waals surface area contributed by atoms with E-state index >= 15 is 0 Å². The van der Waals surface area contributed by atoms with Crippen LogP contribution in [0.25, 0.3) is 0 Å². The minimum absolute atomic E-state index is 0.0471. The molecule has 6 nitrogen and oxygen atoms in total. The lowest BCUT2D eigenvalue weighted by molar-refractivity contribution is 0.213. The molecule has 0 aromatic rings. The second kappa shape index (κ2) is 4.49. The summed E-state index contributed by atoms with van der Waals surface area (Å²) in [6.07, 6.45) is 1.55. The number of sulfonamides is 1. The number of hydrogen-bond donors (Lipinski definition) is 1. The number of rotatable bonds is 3. The molecular weight excluding hydrogens is 266 g/mol. The van der Waals surface area contributed by atoms with Crippen LogP contribution in [0.15, 0.2) is 0 Å². The van der Waals surface area contributed by atoms with E-state index in [4.69, 9.17) is 5.11 Å². The van der Waals surface area contributed by atoms with Crippen molar-refractivity contribution in [3.8, 4) is 0 Å². The molecule has 1 N–H and O–H groups in total. The highest BCUT2D eigenvalue weighted by Crippen LogP contribution is 2.28. The summed E-state index contributed by atoms with van der Waals surface area (Å²) in [6, 6.07) is -0.372. The van der Waals surface area contributed by atoms with Gasteiger partial charge in [-0.1, -0.05) is 0 Å². The van der Waals surface area contributed by atoms with Crippen LogP contribution in [0.3, 0.4) is 0 Å². The quantitative estimate of drug-likeness (QED) is 0.714. The Labute approximate surface area is 102 Å². The maximum atomic E-state index is 12.2. The molecule has 2 rings (SSSR count). The molecule has 0 aromatic carbocycles. The number of aliphatic hydroxyl groups is 1. The fraction of sp³-hybridized carbons (Fsp3) is 1.00. The van der Waals surface area contributed by atoms with Crippen molar-refractivity contribution < 1.29 is 21.9 Å². The van der Waals surface area contributed by atoms with E-state index < -0.39 is 25.1 Å². The van der Waals surface area contributed by atoms with Crippen LogP contribution in [0.4, 0.5) is 0 Å². The van der Waals surface area contributed by atoms with Gasteiger partial charge in [0.05, 0.1) is 23.4 Å². The highest BCUT2D eigenvalue weighted by Gasteiger charge is 2.43. The smallest absolute Gasteiger partial charge is 0.218 e. The van der Waals surface area contributed by atoms with Gasteiger partial charge in [-0.05, 0) is 19.3 Å². The molecule has 2 aliphatic heterocycles. The molecule has 0 spiro atoms. The van der Waals surface area contributed by atoms with Crippen molar-refractivity contribution in [2.75, 3.05) is 24.7 Å². The highest BCUT2D eigenvalue weighted by atomic mass is 32.2. The Morgan fingerprint density at radius 3 is 2.53 bits per heavy atom. The van der Waals surface area contributed by atoms with Gasteiger partial charge >= 0.3 is 0 Å². The summed E-state index contributed by atoms with van der Waals surface area (Å²) in [6.45, 7) is 0.197. The third-order valence-corrected chi connectivity index (χ3v) is 7.83. The van der Waals surface area contributed by atoms with Crippen LogP contribution < -0.4 is 0 Å². The van der Waals surface area contributed by atoms with Gasteiger partial charge in [-0.15, -0.1) is 0 Å². The van der Waals surface area contributed by atoms with E-state index in [1.807, 2.05) is 0 Å². The normalized spacial score (nSPS) is 34.2. The van der Waals surface area contributed by atoms with Gasteiger partial charge in [0.15, 0.2) is 9.84 Å². The van der Waals surface area contributed by atoms with Crippen molar-refractivity contribution in [3.05, 3.63) is 0 Å². The molecule has 0 amide bonds. The minimum Gasteiger partial charge on any atom is -0.395 e. The molecule has 0 bridgehead atoms. The van der Waals surface area contributed by atoms with Crippen LogP contribution in [-0.4, -0.2) is 62.2 Å². The average molecular weight is 283 g/mol. The Hall–Kier alpha value is -0.180. The third-order valence-electron chi connectivity index (χ3n) is 3.47. The van der Waals surface area contributed by atoms with Crippen LogP contribution in [0.1, 0.15) is 19.3 Å². The van der Waals surface area contributed by atoms with E-state index in [1.165, 1.54) is 4.31 Å².